The summed E-state index contributed by atoms with van der Waals surface area (Å²) in [6.07, 6.45) is -0.188. The lowest BCUT2D eigenvalue weighted by Gasteiger charge is -2.17. The lowest BCUT2D eigenvalue weighted by atomic mass is 10.2. The van der Waals surface area contributed by atoms with Crippen molar-refractivity contribution in [2.24, 2.45) is 0 Å². The van der Waals surface area contributed by atoms with Gasteiger partial charge in [-0.1, -0.05) is 0 Å². The molecule has 11 heavy (non-hydrogen) atoms. The van der Waals surface area contributed by atoms with E-state index in [2.05, 4.69) is 5.32 Å². The molecule has 0 aromatic heterocycles. The molecule has 0 aliphatic heterocycles. The van der Waals surface area contributed by atoms with Crippen LogP contribution in [0.3, 0.4) is 0 Å². The van der Waals surface area contributed by atoms with Gasteiger partial charge in [0.25, 0.3) is 0 Å². The van der Waals surface area contributed by atoms with Gasteiger partial charge in [-0.25, -0.2) is 4.79 Å². The maximum Gasteiger partial charge on any atom is 0.328 e. The second-order valence-electron chi connectivity index (χ2n) is 2.04. The number of carbonyl (C=O) groups excluding carboxylic acids is 1. The summed E-state index contributed by atoms with van der Waals surface area (Å²) in [6.45, 7) is 1.56. The summed E-state index contributed by atoms with van der Waals surface area (Å²) in [7, 11) is 1.38. The molecule has 64 valence electrons. The molecule has 2 unspecified atom stereocenters. The van der Waals surface area contributed by atoms with Crippen molar-refractivity contribution >= 4 is 12.4 Å². The van der Waals surface area contributed by atoms with Crippen LogP contribution in [0.5, 0.6) is 0 Å². The normalized spacial score (nSPS) is 15.1. The fraction of sp³-hybridized carbons (Fsp3) is 0.667. The number of carbonyl (C=O) groups is 2. The minimum atomic E-state index is -1.11. The van der Waals surface area contributed by atoms with Gasteiger partial charge in [-0.2, -0.15) is 0 Å². The zero-order valence-electron chi connectivity index (χ0n) is 6.40. The summed E-state index contributed by atoms with van der Waals surface area (Å²) >= 11 is 0. The second-order valence-corrected chi connectivity index (χ2v) is 2.04. The average molecular weight is 161 g/mol. The Hall–Kier alpha value is -1.10. The Bertz CT molecular complexity index is 148. The molecule has 0 saturated carbocycles. The number of hydrogen-bond acceptors (Lipinski definition) is 3. The molecule has 0 spiro atoms. The molecule has 0 aliphatic carbocycles. The minimum Gasteiger partial charge on any atom is -0.480 e. The third-order valence-electron chi connectivity index (χ3n) is 1.35. The highest BCUT2D eigenvalue weighted by atomic mass is 16.5. The summed E-state index contributed by atoms with van der Waals surface area (Å²) in [6, 6.07) is -0.975. The van der Waals surface area contributed by atoms with Gasteiger partial charge in [-0.15, -0.1) is 0 Å². The summed E-state index contributed by atoms with van der Waals surface area (Å²) in [5.41, 5.74) is 0. The van der Waals surface area contributed by atoms with Crippen molar-refractivity contribution in [2.45, 2.75) is 19.1 Å². The minimum absolute atomic E-state index is 0.342. The number of nitrogens with one attached hydrogen (secondary N) is 1. The van der Waals surface area contributed by atoms with Crippen LogP contribution in [0.4, 0.5) is 0 Å². The van der Waals surface area contributed by atoms with Crippen molar-refractivity contribution in [3.8, 4) is 0 Å². The summed E-state index contributed by atoms with van der Waals surface area (Å²) < 4.78 is 4.72. The third-order valence-corrected chi connectivity index (χ3v) is 1.35. The Labute approximate surface area is 64.3 Å². The Morgan fingerprint density at radius 2 is 2.27 bits per heavy atom. The first-order valence-electron chi connectivity index (χ1n) is 3.08. The van der Waals surface area contributed by atoms with E-state index in [4.69, 9.17) is 9.84 Å². The maximum absolute atomic E-state index is 10.4. The van der Waals surface area contributed by atoms with Gasteiger partial charge >= 0.3 is 5.97 Å². The van der Waals surface area contributed by atoms with Crippen LogP contribution in [-0.2, 0) is 14.3 Å². The van der Waals surface area contributed by atoms with Gasteiger partial charge in [0, 0.05) is 7.11 Å². The monoisotopic (exact) mass is 161 g/mol. The number of carboxylic acids is 1. The van der Waals surface area contributed by atoms with Crippen LogP contribution in [0.25, 0.3) is 0 Å². The predicted octanol–water partition coefficient (Wildman–Crippen LogP) is -0.779. The van der Waals surface area contributed by atoms with Crippen LogP contribution in [-0.4, -0.2) is 36.7 Å². The van der Waals surface area contributed by atoms with Crippen molar-refractivity contribution < 1.29 is 19.4 Å². The number of rotatable bonds is 5. The first-order chi connectivity index (χ1) is 5.13. The van der Waals surface area contributed by atoms with E-state index >= 15 is 0 Å². The highest BCUT2D eigenvalue weighted by molar-refractivity contribution is 5.76. The van der Waals surface area contributed by atoms with Crippen LogP contribution in [0.2, 0.25) is 0 Å². The fourth-order valence-electron chi connectivity index (χ4n) is 0.617. The Kier molecular flexibility index (Phi) is 4.21. The topological polar surface area (TPSA) is 75.6 Å². The number of amides is 1. The van der Waals surface area contributed by atoms with E-state index in [1.807, 2.05) is 0 Å². The molecule has 0 bridgehead atoms. The molecular formula is C6H11NO4. The lowest BCUT2D eigenvalue weighted by molar-refractivity contribution is -0.144. The second kappa shape index (κ2) is 4.68. The Morgan fingerprint density at radius 1 is 1.73 bits per heavy atom. The molecular weight excluding hydrogens is 150 g/mol. The molecule has 1 amide bonds. The molecule has 0 aromatic carbocycles. The van der Waals surface area contributed by atoms with Gasteiger partial charge in [0.2, 0.25) is 6.41 Å². The molecule has 0 aliphatic rings. The molecule has 2 N–H and O–H groups in total. The van der Waals surface area contributed by atoms with Gasteiger partial charge in [0.05, 0.1) is 6.10 Å². The van der Waals surface area contributed by atoms with Gasteiger partial charge in [-0.3, -0.25) is 4.79 Å². The smallest absolute Gasteiger partial charge is 0.328 e. The molecule has 5 heteroatoms. The van der Waals surface area contributed by atoms with Gasteiger partial charge < -0.3 is 15.2 Å². The number of methoxy groups -OCH3 is 1. The van der Waals surface area contributed by atoms with Crippen LogP contribution in [0.15, 0.2) is 0 Å². The molecule has 0 aromatic rings. The number of ether oxygens (including phenoxy) is 1. The molecule has 5 nitrogen and oxygen atoms in total. The van der Waals surface area contributed by atoms with E-state index in [0.29, 0.717) is 6.41 Å². The largest absolute Gasteiger partial charge is 0.480 e. The van der Waals surface area contributed by atoms with E-state index in [1.54, 1.807) is 6.92 Å². The van der Waals surface area contributed by atoms with Crippen molar-refractivity contribution in [3.05, 3.63) is 0 Å². The maximum atomic E-state index is 10.4. The van der Waals surface area contributed by atoms with E-state index in [1.165, 1.54) is 7.11 Å². The Balaban J connectivity index is 4.08. The van der Waals surface area contributed by atoms with Gasteiger partial charge in [0.1, 0.15) is 0 Å². The van der Waals surface area contributed by atoms with Gasteiger partial charge in [-0.05, 0) is 6.92 Å². The molecule has 0 radical (unpaired) electrons. The van der Waals surface area contributed by atoms with E-state index in [9.17, 15) is 9.59 Å². The van der Waals surface area contributed by atoms with E-state index in [0.717, 1.165) is 0 Å². The Morgan fingerprint density at radius 3 is 2.55 bits per heavy atom. The highest BCUT2D eigenvalue weighted by Crippen LogP contribution is 1.95. The predicted molar refractivity (Wildman–Crippen MR) is 37.1 cm³/mol. The average Bonchev–Trinajstić information content (AvgIpc) is 1.98. The first-order valence-corrected chi connectivity index (χ1v) is 3.08. The van der Waals surface area contributed by atoms with Crippen LogP contribution < -0.4 is 5.32 Å². The molecule has 0 saturated heterocycles. The van der Waals surface area contributed by atoms with Crippen molar-refractivity contribution in [1.82, 2.24) is 5.32 Å². The van der Waals surface area contributed by atoms with E-state index < -0.39 is 18.1 Å². The molecule has 0 fully saturated rings. The van der Waals surface area contributed by atoms with Gasteiger partial charge in [0.15, 0.2) is 6.04 Å². The van der Waals surface area contributed by atoms with E-state index in [-0.39, 0.29) is 0 Å². The highest BCUT2D eigenvalue weighted by Gasteiger charge is 2.23. The zero-order valence-corrected chi connectivity index (χ0v) is 6.40. The summed E-state index contributed by atoms with van der Waals surface area (Å²) in [5.74, 6) is -1.11. The van der Waals surface area contributed by atoms with Crippen LogP contribution in [0.1, 0.15) is 6.92 Å². The number of carboxylic acid groups (broad SMARTS) is 1. The zero-order chi connectivity index (χ0) is 8.85. The SMILES string of the molecule is COC(C)C(NC=O)C(=O)O. The summed E-state index contributed by atoms with van der Waals surface area (Å²) in [5, 5.41) is 10.6. The lowest BCUT2D eigenvalue weighted by Crippen LogP contribution is -2.44. The summed E-state index contributed by atoms with van der Waals surface area (Å²) in [4.78, 5) is 20.3. The number of aliphatic carboxylic acids is 1. The molecule has 0 rings (SSSR count). The van der Waals surface area contributed by atoms with Crippen LogP contribution in [0, 0.1) is 0 Å². The quantitative estimate of drug-likeness (QED) is 0.519. The van der Waals surface area contributed by atoms with Crippen LogP contribution >= 0.6 is 0 Å². The first kappa shape index (κ1) is 9.90. The molecule has 0 heterocycles. The molecule has 2 atom stereocenters. The van der Waals surface area contributed by atoms with Crippen molar-refractivity contribution in [2.75, 3.05) is 7.11 Å². The third kappa shape index (κ3) is 2.99. The van der Waals surface area contributed by atoms with Crippen molar-refractivity contribution in [3.63, 3.8) is 0 Å². The standard InChI is InChI=1S/C6H11NO4/c1-4(11-2)5(6(9)10)7-3-8/h3-5H,1-2H3,(H,7,8)(H,9,10). The van der Waals surface area contributed by atoms with Crippen molar-refractivity contribution in [1.29, 1.82) is 0 Å². The number of hydrogen-bond donors (Lipinski definition) is 2. The fourth-order valence-corrected chi connectivity index (χ4v) is 0.617.